The van der Waals surface area contributed by atoms with Crippen LogP contribution in [0.1, 0.15) is 25.0 Å². The molecule has 3 heterocycles. The molecule has 0 amide bonds. The van der Waals surface area contributed by atoms with Gasteiger partial charge in [-0.05, 0) is 99.1 Å². The van der Waals surface area contributed by atoms with Crippen LogP contribution in [0.4, 0.5) is 0 Å². The van der Waals surface area contributed by atoms with Crippen LogP contribution in [0.25, 0.3) is 117 Å². The van der Waals surface area contributed by atoms with Crippen molar-refractivity contribution in [2.75, 3.05) is 0 Å². The molecule has 65 heavy (non-hydrogen) atoms. The standard InChI is InChI=1S/C60H40N4O/c1-60(2)51-34-42(28-30-45(51)48-35-50-47-21-10-12-23-55(47)65-56(50)36-52(48)60)41-29-31-54-49(33-41)46-20-9-11-22-53(46)64(54)44-19-13-18-43(32-44)59-62-57(39-16-7-4-8-17-39)61-58(63-59)40-26-24-38(25-27-40)37-14-5-3-6-15-37/h3-36H,1-2H3. The first-order valence-electron chi connectivity index (χ1n) is 22.2. The molecule has 12 aromatic rings. The minimum Gasteiger partial charge on any atom is -0.456 e. The molecule has 1 aliphatic rings. The molecule has 0 spiro atoms. The van der Waals surface area contributed by atoms with Crippen LogP contribution in [0.2, 0.25) is 0 Å². The van der Waals surface area contributed by atoms with Gasteiger partial charge >= 0.3 is 0 Å². The Balaban J connectivity index is 0.898. The fourth-order valence-electron chi connectivity index (χ4n) is 10.1. The zero-order valence-corrected chi connectivity index (χ0v) is 35.8. The van der Waals surface area contributed by atoms with Crippen LogP contribution in [0.15, 0.2) is 211 Å². The lowest BCUT2D eigenvalue weighted by Gasteiger charge is -2.22. The molecule has 0 atom stereocenters. The zero-order valence-electron chi connectivity index (χ0n) is 35.8. The van der Waals surface area contributed by atoms with E-state index in [0.717, 1.165) is 55.5 Å². The predicted molar refractivity (Wildman–Crippen MR) is 266 cm³/mol. The minimum absolute atomic E-state index is 0.187. The third-order valence-electron chi connectivity index (χ3n) is 13.5. The van der Waals surface area contributed by atoms with E-state index in [1.165, 1.54) is 55.1 Å². The normalized spacial score (nSPS) is 12.9. The van der Waals surface area contributed by atoms with Gasteiger partial charge in [0.1, 0.15) is 11.2 Å². The zero-order chi connectivity index (χ0) is 43.2. The number of hydrogen-bond acceptors (Lipinski definition) is 4. The smallest absolute Gasteiger partial charge is 0.164 e. The molecule has 0 saturated heterocycles. The highest BCUT2D eigenvalue weighted by atomic mass is 16.3. The van der Waals surface area contributed by atoms with E-state index in [1.54, 1.807) is 0 Å². The topological polar surface area (TPSA) is 56.7 Å². The van der Waals surface area contributed by atoms with Gasteiger partial charge in [-0.15, -0.1) is 0 Å². The van der Waals surface area contributed by atoms with Crippen LogP contribution in [-0.2, 0) is 5.41 Å². The number of nitrogens with zero attached hydrogens (tertiary/aromatic N) is 4. The van der Waals surface area contributed by atoms with Crippen molar-refractivity contribution in [2.45, 2.75) is 19.3 Å². The summed E-state index contributed by atoms with van der Waals surface area (Å²) in [6.45, 7) is 4.68. The van der Waals surface area contributed by atoms with Crippen molar-refractivity contribution in [3.63, 3.8) is 0 Å². The Morgan fingerprint density at radius 3 is 1.69 bits per heavy atom. The van der Waals surface area contributed by atoms with E-state index in [-0.39, 0.29) is 5.41 Å². The van der Waals surface area contributed by atoms with Gasteiger partial charge in [0.2, 0.25) is 0 Å². The number of hydrogen-bond donors (Lipinski definition) is 0. The third kappa shape index (κ3) is 5.97. The van der Waals surface area contributed by atoms with Crippen molar-refractivity contribution in [3.8, 4) is 73.2 Å². The van der Waals surface area contributed by atoms with Gasteiger partial charge in [0.15, 0.2) is 17.5 Å². The van der Waals surface area contributed by atoms with Gasteiger partial charge in [0, 0.05) is 49.3 Å². The summed E-state index contributed by atoms with van der Waals surface area (Å²) in [4.78, 5) is 15.2. The fourth-order valence-corrected chi connectivity index (χ4v) is 10.1. The second kappa shape index (κ2) is 14.3. The van der Waals surface area contributed by atoms with Crippen molar-refractivity contribution in [1.82, 2.24) is 19.5 Å². The lowest BCUT2D eigenvalue weighted by atomic mass is 9.81. The molecular weight excluding hydrogens is 793 g/mol. The van der Waals surface area contributed by atoms with E-state index in [1.807, 2.05) is 42.5 Å². The van der Waals surface area contributed by atoms with Gasteiger partial charge in [-0.1, -0.05) is 166 Å². The first-order chi connectivity index (χ1) is 31.9. The molecule has 1 aliphatic carbocycles. The number of aromatic nitrogens is 4. The molecule has 0 unspecified atom stereocenters. The Morgan fingerprint density at radius 2 is 0.908 bits per heavy atom. The lowest BCUT2D eigenvalue weighted by molar-refractivity contribution is 0.647. The molecule has 3 aromatic heterocycles. The van der Waals surface area contributed by atoms with Gasteiger partial charge in [-0.3, -0.25) is 0 Å². The summed E-state index contributed by atoms with van der Waals surface area (Å²) >= 11 is 0. The minimum atomic E-state index is -0.187. The van der Waals surface area contributed by atoms with Gasteiger partial charge in [0.05, 0.1) is 11.0 Å². The maximum Gasteiger partial charge on any atom is 0.164 e. The average molecular weight is 833 g/mol. The maximum absolute atomic E-state index is 6.35. The summed E-state index contributed by atoms with van der Waals surface area (Å²) in [5.41, 5.74) is 17.7. The van der Waals surface area contributed by atoms with E-state index >= 15 is 0 Å². The van der Waals surface area contributed by atoms with Crippen LogP contribution in [0.5, 0.6) is 0 Å². The van der Waals surface area contributed by atoms with Crippen LogP contribution in [-0.4, -0.2) is 19.5 Å². The van der Waals surface area contributed by atoms with Gasteiger partial charge in [0.25, 0.3) is 0 Å². The largest absolute Gasteiger partial charge is 0.456 e. The van der Waals surface area contributed by atoms with Crippen LogP contribution < -0.4 is 0 Å². The lowest BCUT2D eigenvalue weighted by Crippen LogP contribution is -2.15. The summed E-state index contributed by atoms with van der Waals surface area (Å²) in [6, 6.07) is 73.2. The summed E-state index contributed by atoms with van der Waals surface area (Å²) in [5, 5.41) is 4.72. The summed E-state index contributed by atoms with van der Waals surface area (Å²) in [7, 11) is 0. The highest BCUT2D eigenvalue weighted by Crippen LogP contribution is 2.52. The van der Waals surface area contributed by atoms with E-state index in [9.17, 15) is 0 Å². The van der Waals surface area contributed by atoms with Gasteiger partial charge < -0.3 is 8.98 Å². The molecule has 0 fully saturated rings. The molecule has 13 rings (SSSR count). The monoisotopic (exact) mass is 832 g/mol. The Kier molecular flexibility index (Phi) is 8.18. The molecule has 5 nitrogen and oxygen atoms in total. The summed E-state index contributed by atoms with van der Waals surface area (Å²) < 4.78 is 8.71. The number of furan rings is 1. The van der Waals surface area contributed by atoms with Crippen molar-refractivity contribution in [2.24, 2.45) is 0 Å². The first kappa shape index (κ1) is 37.2. The first-order valence-corrected chi connectivity index (χ1v) is 22.2. The van der Waals surface area contributed by atoms with E-state index in [4.69, 9.17) is 19.4 Å². The van der Waals surface area contributed by atoms with Crippen molar-refractivity contribution < 1.29 is 4.42 Å². The van der Waals surface area contributed by atoms with Crippen molar-refractivity contribution in [1.29, 1.82) is 0 Å². The second-order valence-corrected chi connectivity index (χ2v) is 17.6. The molecule has 9 aromatic carbocycles. The van der Waals surface area contributed by atoms with E-state index in [2.05, 4.69) is 182 Å². The van der Waals surface area contributed by atoms with E-state index < -0.39 is 0 Å². The quantitative estimate of drug-likeness (QED) is 0.167. The molecule has 0 bridgehead atoms. The predicted octanol–water partition coefficient (Wildman–Crippen LogP) is 15.5. The molecule has 0 saturated carbocycles. The Morgan fingerprint density at radius 1 is 0.354 bits per heavy atom. The average Bonchev–Trinajstić information content (AvgIpc) is 3.98. The second-order valence-electron chi connectivity index (χ2n) is 17.6. The summed E-state index contributed by atoms with van der Waals surface area (Å²) in [6.07, 6.45) is 0. The Bertz CT molecular complexity index is 3840. The van der Waals surface area contributed by atoms with Gasteiger partial charge in [-0.25, -0.2) is 15.0 Å². The molecule has 5 heteroatoms. The van der Waals surface area contributed by atoms with Crippen LogP contribution >= 0.6 is 0 Å². The van der Waals surface area contributed by atoms with Crippen molar-refractivity contribution >= 4 is 43.7 Å². The third-order valence-corrected chi connectivity index (χ3v) is 13.5. The number of benzene rings is 9. The maximum atomic E-state index is 6.35. The molecule has 0 radical (unpaired) electrons. The Labute approximate surface area is 376 Å². The highest BCUT2D eigenvalue weighted by Gasteiger charge is 2.36. The molecule has 306 valence electrons. The SMILES string of the molecule is CC1(C)c2cc(-c3ccc4c(c3)c3ccccc3n4-c3cccc(-c4nc(-c5ccccc5)nc(-c5ccc(-c6ccccc6)cc5)n4)c3)ccc2-c2cc3c(cc21)oc1ccccc13. The van der Waals surface area contributed by atoms with Gasteiger partial charge in [-0.2, -0.15) is 0 Å². The highest BCUT2D eigenvalue weighted by molar-refractivity contribution is 6.11. The van der Waals surface area contributed by atoms with Crippen LogP contribution in [0.3, 0.4) is 0 Å². The van der Waals surface area contributed by atoms with E-state index in [0.29, 0.717) is 17.5 Å². The molecule has 0 aliphatic heterocycles. The summed E-state index contributed by atoms with van der Waals surface area (Å²) in [5.74, 6) is 1.88. The molecule has 0 N–H and O–H groups in total. The number of fused-ring (bicyclic) bond motifs is 9. The molecular formula is C60H40N4O. The fraction of sp³-hybridized carbons (Fsp3) is 0.0500. The Hall–Kier alpha value is -8.41. The number of rotatable bonds is 6. The van der Waals surface area contributed by atoms with Crippen molar-refractivity contribution in [3.05, 3.63) is 217 Å². The van der Waals surface area contributed by atoms with Crippen LogP contribution in [0, 0.1) is 0 Å². The number of para-hydroxylation sites is 2.